The third-order valence-electron chi connectivity index (χ3n) is 2.33. The molecule has 0 bridgehead atoms. The van der Waals surface area contributed by atoms with Gasteiger partial charge in [0, 0.05) is 11.9 Å². The monoisotopic (exact) mass is 219 g/mol. The number of rotatable bonds is 3. The zero-order chi connectivity index (χ0) is 11.7. The van der Waals surface area contributed by atoms with E-state index in [9.17, 15) is 4.79 Å². The highest BCUT2D eigenvalue weighted by atomic mass is 16.4. The van der Waals surface area contributed by atoms with Gasteiger partial charge in [0.25, 0.3) is 0 Å². The van der Waals surface area contributed by atoms with Gasteiger partial charge in [0.05, 0.1) is 6.20 Å². The van der Waals surface area contributed by atoms with E-state index in [1.807, 2.05) is 6.07 Å². The minimum absolute atomic E-state index is 0.144. The van der Waals surface area contributed by atoms with Crippen molar-refractivity contribution in [3.8, 4) is 0 Å². The number of hydrogen-bond donors (Lipinski definition) is 1. The average molecular weight is 219 g/mol. The van der Waals surface area contributed by atoms with E-state index in [1.54, 1.807) is 10.7 Å². The van der Waals surface area contributed by atoms with Crippen molar-refractivity contribution in [3.63, 3.8) is 0 Å². The Balaban J connectivity index is 2.57. The molecule has 16 heavy (non-hydrogen) atoms. The first-order valence-electron chi connectivity index (χ1n) is 5.14. The van der Waals surface area contributed by atoms with Crippen LogP contribution < -0.4 is 0 Å². The van der Waals surface area contributed by atoms with E-state index in [0.29, 0.717) is 11.6 Å². The fraction of sp³-hybridized carbons (Fsp3) is 0.364. The zero-order valence-electron chi connectivity index (χ0n) is 9.21. The number of aromatic carboxylic acids is 1. The van der Waals surface area contributed by atoms with E-state index in [2.05, 4.69) is 23.9 Å². The Morgan fingerprint density at radius 3 is 2.94 bits per heavy atom. The van der Waals surface area contributed by atoms with Crippen LogP contribution in [0.4, 0.5) is 0 Å². The molecule has 0 saturated heterocycles. The van der Waals surface area contributed by atoms with E-state index < -0.39 is 5.97 Å². The van der Waals surface area contributed by atoms with E-state index >= 15 is 0 Å². The van der Waals surface area contributed by atoms with Crippen LogP contribution in [0.3, 0.4) is 0 Å². The van der Waals surface area contributed by atoms with Crippen LogP contribution >= 0.6 is 0 Å². The van der Waals surface area contributed by atoms with Crippen LogP contribution in [0.5, 0.6) is 0 Å². The number of carbonyl (C=O) groups is 1. The second-order valence-electron chi connectivity index (χ2n) is 4.13. The summed E-state index contributed by atoms with van der Waals surface area (Å²) in [6.07, 6.45) is 3.81. The first kappa shape index (κ1) is 10.6. The van der Waals surface area contributed by atoms with Crippen molar-refractivity contribution in [2.45, 2.75) is 20.3 Å². The molecule has 5 nitrogen and oxygen atoms in total. The molecule has 0 saturated carbocycles. The van der Waals surface area contributed by atoms with Gasteiger partial charge < -0.3 is 5.11 Å². The molecule has 1 N–H and O–H groups in total. The lowest BCUT2D eigenvalue weighted by Gasteiger charge is -2.06. The zero-order valence-corrected chi connectivity index (χ0v) is 9.21. The molecule has 2 rings (SSSR count). The number of fused-ring (bicyclic) bond motifs is 1. The van der Waals surface area contributed by atoms with Crippen LogP contribution in [0.2, 0.25) is 0 Å². The Morgan fingerprint density at radius 2 is 2.31 bits per heavy atom. The quantitative estimate of drug-likeness (QED) is 0.851. The van der Waals surface area contributed by atoms with Gasteiger partial charge in [0.2, 0.25) is 0 Å². The summed E-state index contributed by atoms with van der Waals surface area (Å²) in [5, 5.41) is 13.0. The van der Waals surface area contributed by atoms with Gasteiger partial charge in [-0.2, -0.15) is 5.10 Å². The molecule has 0 radical (unpaired) electrons. The third-order valence-corrected chi connectivity index (χ3v) is 2.33. The lowest BCUT2D eigenvalue weighted by Crippen LogP contribution is -2.05. The normalized spacial score (nSPS) is 11.2. The topological polar surface area (TPSA) is 67.5 Å². The molecular formula is C11H13N3O2. The summed E-state index contributed by atoms with van der Waals surface area (Å²) < 4.78 is 1.60. The number of aromatic nitrogens is 3. The van der Waals surface area contributed by atoms with Crippen LogP contribution in [0.15, 0.2) is 18.5 Å². The van der Waals surface area contributed by atoms with E-state index in [1.165, 1.54) is 6.20 Å². The van der Waals surface area contributed by atoms with E-state index in [0.717, 1.165) is 12.1 Å². The average Bonchev–Trinajstić information content (AvgIpc) is 2.61. The Hall–Kier alpha value is -1.91. The van der Waals surface area contributed by atoms with Crippen LogP contribution in [0, 0.1) is 5.92 Å². The third kappa shape index (κ3) is 1.76. The summed E-state index contributed by atoms with van der Waals surface area (Å²) >= 11 is 0. The largest absolute Gasteiger partial charge is 0.477 e. The van der Waals surface area contributed by atoms with Gasteiger partial charge in [-0.15, -0.1) is 0 Å². The summed E-state index contributed by atoms with van der Waals surface area (Å²) in [7, 11) is 0. The number of nitrogens with zero attached hydrogens (tertiary/aromatic N) is 3. The van der Waals surface area contributed by atoms with Gasteiger partial charge in [0.1, 0.15) is 5.56 Å². The second-order valence-corrected chi connectivity index (χ2v) is 4.13. The standard InChI is InChI=1S/C11H13N3O2/c1-7(2)5-8-3-4-12-10-9(11(15)16)6-13-14(8)10/h3-4,6-7H,5H2,1-2H3,(H,15,16). The molecule has 0 spiro atoms. The van der Waals surface area contributed by atoms with Crippen molar-refractivity contribution in [1.82, 2.24) is 14.6 Å². The molecule has 2 aromatic heterocycles. The molecule has 0 aliphatic rings. The molecule has 0 aliphatic heterocycles. The number of hydrogen-bond acceptors (Lipinski definition) is 3. The fourth-order valence-corrected chi connectivity index (χ4v) is 1.66. The highest BCUT2D eigenvalue weighted by molar-refractivity contribution is 5.94. The van der Waals surface area contributed by atoms with E-state index in [-0.39, 0.29) is 5.56 Å². The van der Waals surface area contributed by atoms with Gasteiger partial charge in [0.15, 0.2) is 5.65 Å². The predicted octanol–water partition coefficient (Wildman–Crippen LogP) is 1.63. The number of carboxylic acids is 1. The molecule has 0 aliphatic carbocycles. The molecule has 0 aromatic carbocycles. The molecule has 0 unspecified atom stereocenters. The lowest BCUT2D eigenvalue weighted by atomic mass is 10.1. The van der Waals surface area contributed by atoms with Crippen molar-refractivity contribution >= 4 is 11.6 Å². The van der Waals surface area contributed by atoms with E-state index in [4.69, 9.17) is 5.11 Å². The first-order valence-corrected chi connectivity index (χ1v) is 5.14. The van der Waals surface area contributed by atoms with Crippen molar-refractivity contribution in [2.24, 2.45) is 5.92 Å². The van der Waals surface area contributed by atoms with Gasteiger partial charge >= 0.3 is 5.97 Å². The SMILES string of the molecule is CC(C)Cc1ccnc2c(C(=O)O)cnn12. The molecular weight excluding hydrogens is 206 g/mol. The smallest absolute Gasteiger partial charge is 0.341 e. The van der Waals surface area contributed by atoms with Crippen molar-refractivity contribution in [1.29, 1.82) is 0 Å². The van der Waals surface area contributed by atoms with Crippen LogP contribution in [0.25, 0.3) is 5.65 Å². The Labute approximate surface area is 92.7 Å². The maximum atomic E-state index is 10.9. The van der Waals surface area contributed by atoms with Crippen molar-refractivity contribution < 1.29 is 9.90 Å². The summed E-state index contributed by atoms with van der Waals surface area (Å²) in [5.41, 5.74) is 1.53. The fourth-order valence-electron chi connectivity index (χ4n) is 1.66. The van der Waals surface area contributed by atoms with Gasteiger partial charge in [-0.1, -0.05) is 13.8 Å². The molecule has 0 amide bonds. The Bertz CT molecular complexity index is 531. The van der Waals surface area contributed by atoms with Gasteiger partial charge in [-0.25, -0.2) is 14.3 Å². The maximum Gasteiger partial charge on any atom is 0.341 e. The molecule has 5 heteroatoms. The molecule has 2 aromatic rings. The minimum atomic E-state index is -0.996. The van der Waals surface area contributed by atoms with Gasteiger partial charge in [-0.05, 0) is 18.4 Å². The highest BCUT2D eigenvalue weighted by Gasteiger charge is 2.14. The summed E-state index contributed by atoms with van der Waals surface area (Å²) in [5.74, 6) is -0.507. The van der Waals surface area contributed by atoms with Crippen LogP contribution in [0.1, 0.15) is 29.9 Å². The predicted molar refractivity (Wildman–Crippen MR) is 58.5 cm³/mol. The van der Waals surface area contributed by atoms with Crippen molar-refractivity contribution in [3.05, 3.63) is 29.7 Å². The Morgan fingerprint density at radius 1 is 1.56 bits per heavy atom. The summed E-state index contributed by atoms with van der Waals surface area (Å²) in [6.45, 7) is 4.21. The molecule has 0 atom stereocenters. The summed E-state index contributed by atoms with van der Waals surface area (Å²) in [6, 6.07) is 1.87. The molecule has 2 heterocycles. The summed E-state index contributed by atoms with van der Waals surface area (Å²) in [4.78, 5) is 15.0. The maximum absolute atomic E-state index is 10.9. The minimum Gasteiger partial charge on any atom is -0.477 e. The van der Waals surface area contributed by atoms with Gasteiger partial charge in [-0.3, -0.25) is 0 Å². The second kappa shape index (κ2) is 3.92. The first-order chi connectivity index (χ1) is 7.59. The Kier molecular flexibility index (Phi) is 2.60. The van der Waals surface area contributed by atoms with Crippen molar-refractivity contribution in [2.75, 3.05) is 0 Å². The molecule has 0 fully saturated rings. The lowest BCUT2D eigenvalue weighted by molar-refractivity contribution is 0.0699. The van der Waals surface area contributed by atoms with Crippen LogP contribution in [-0.2, 0) is 6.42 Å². The van der Waals surface area contributed by atoms with Crippen LogP contribution in [-0.4, -0.2) is 25.7 Å². The highest BCUT2D eigenvalue weighted by Crippen LogP contribution is 2.12. The number of carboxylic acid groups (broad SMARTS) is 1. The molecule has 84 valence electrons.